The van der Waals surface area contributed by atoms with Gasteiger partial charge in [0.25, 0.3) is 10.0 Å². The first-order chi connectivity index (χ1) is 10.9. The van der Waals surface area contributed by atoms with Gasteiger partial charge < -0.3 is 4.42 Å². The topological polar surface area (TPSA) is 76.4 Å². The molecule has 0 radical (unpaired) electrons. The minimum atomic E-state index is -4.44. The predicted molar refractivity (Wildman–Crippen MR) is 79.7 cm³/mol. The molecule has 118 valence electrons. The summed E-state index contributed by atoms with van der Waals surface area (Å²) in [5, 5.41) is 0.457. The maximum absolute atomic E-state index is 13.6. The molecule has 1 aromatic heterocycles. The number of rotatable bonds is 3. The fraction of sp³-hybridized carbons (Fsp3) is 0. The van der Waals surface area contributed by atoms with E-state index in [1.54, 1.807) is 0 Å². The van der Waals surface area contributed by atoms with Crippen LogP contribution in [0.1, 0.15) is 0 Å². The molecule has 0 spiro atoms. The molecule has 0 unspecified atom stereocenters. The number of hydrogen-bond acceptors (Lipinski definition) is 4. The summed E-state index contributed by atoms with van der Waals surface area (Å²) in [6.07, 6.45) is 0. The normalized spacial score (nSPS) is 11.6. The molecule has 0 aliphatic heterocycles. The van der Waals surface area contributed by atoms with Crippen molar-refractivity contribution < 1.29 is 21.6 Å². The van der Waals surface area contributed by atoms with E-state index in [1.165, 1.54) is 30.3 Å². The standard InChI is InChI=1S/C15H9F2NO4S/c16-11-2-1-3-12(17)15(11)23(20,21)18-10-5-6-13-9(8-10)4-7-14(19)22-13/h1-8,18H. The Labute approximate surface area is 129 Å². The number of nitrogens with one attached hydrogen (secondary N) is 1. The van der Waals surface area contributed by atoms with Crippen molar-refractivity contribution in [3.63, 3.8) is 0 Å². The van der Waals surface area contributed by atoms with Crippen LogP contribution in [-0.2, 0) is 10.0 Å². The van der Waals surface area contributed by atoms with E-state index < -0.39 is 32.2 Å². The van der Waals surface area contributed by atoms with Gasteiger partial charge in [0, 0.05) is 17.1 Å². The van der Waals surface area contributed by atoms with E-state index in [2.05, 4.69) is 4.72 Å². The molecule has 5 nitrogen and oxygen atoms in total. The van der Waals surface area contributed by atoms with Crippen LogP contribution in [-0.4, -0.2) is 8.42 Å². The predicted octanol–water partition coefficient (Wildman–Crippen LogP) is 2.87. The van der Waals surface area contributed by atoms with Crippen molar-refractivity contribution in [2.24, 2.45) is 0 Å². The quantitative estimate of drug-likeness (QED) is 0.746. The van der Waals surface area contributed by atoms with Crippen LogP contribution < -0.4 is 10.3 Å². The summed E-state index contributed by atoms with van der Waals surface area (Å²) in [5.74, 6) is -2.38. The molecule has 0 aliphatic carbocycles. The molecule has 3 aromatic rings. The Balaban J connectivity index is 2.04. The lowest BCUT2D eigenvalue weighted by Crippen LogP contribution is -2.16. The van der Waals surface area contributed by atoms with Crippen LogP contribution in [0.4, 0.5) is 14.5 Å². The average Bonchev–Trinajstić information content (AvgIpc) is 2.46. The number of anilines is 1. The minimum absolute atomic E-state index is 0.0778. The van der Waals surface area contributed by atoms with E-state index in [1.807, 2.05) is 0 Å². The highest BCUT2D eigenvalue weighted by atomic mass is 32.2. The van der Waals surface area contributed by atoms with E-state index in [-0.39, 0.29) is 11.3 Å². The molecular formula is C15H9F2NO4S. The maximum Gasteiger partial charge on any atom is 0.336 e. The zero-order chi connectivity index (χ0) is 16.6. The van der Waals surface area contributed by atoms with Gasteiger partial charge in [-0.2, -0.15) is 0 Å². The SMILES string of the molecule is O=c1ccc2cc(NS(=O)(=O)c3c(F)cccc3F)ccc2o1. The summed E-state index contributed by atoms with van der Waals surface area (Å²) in [5.41, 5.74) is -0.203. The van der Waals surface area contributed by atoms with Crippen LogP contribution in [0.15, 0.2) is 62.6 Å². The average molecular weight is 337 g/mol. The van der Waals surface area contributed by atoms with Crippen LogP contribution in [0.25, 0.3) is 11.0 Å². The van der Waals surface area contributed by atoms with Gasteiger partial charge in [-0.25, -0.2) is 22.0 Å². The molecule has 0 amide bonds. The first kappa shape index (κ1) is 15.2. The second kappa shape index (κ2) is 5.47. The highest BCUT2D eigenvalue weighted by Crippen LogP contribution is 2.24. The molecule has 0 bridgehead atoms. The Bertz CT molecular complexity index is 1040. The van der Waals surface area contributed by atoms with Gasteiger partial charge >= 0.3 is 5.63 Å². The molecule has 0 fully saturated rings. The summed E-state index contributed by atoms with van der Waals surface area (Å²) in [4.78, 5) is 10.0. The van der Waals surface area contributed by atoms with Gasteiger partial charge in [-0.05, 0) is 36.4 Å². The lowest BCUT2D eigenvalue weighted by molar-refractivity contribution is 0.521. The zero-order valence-corrected chi connectivity index (χ0v) is 12.2. The molecule has 0 saturated heterocycles. The van der Waals surface area contributed by atoms with Gasteiger partial charge in [0.2, 0.25) is 0 Å². The zero-order valence-electron chi connectivity index (χ0n) is 11.4. The largest absolute Gasteiger partial charge is 0.423 e. The van der Waals surface area contributed by atoms with Crippen LogP contribution in [0.3, 0.4) is 0 Å². The number of halogens is 2. The second-order valence-electron chi connectivity index (χ2n) is 4.66. The molecule has 1 heterocycles. The van der Waals surface area contributed by atoms with Gasteiger partial charge in [-0.15, -0.1) is 0 Å². The van der Waals surface area contributed by atoms with Gasteiger partial charge in [-0.3, -0.25) is 4.72 Å². The van der Waals surface area contributed by atoms with Crippen molar-refractivity contribution >= 4 is 26.7 Å². The minimum Gasteiger partial charge on any atom is -0.423 e. The fourth-order valence-electron chi connectivity index (χ4n) is 2.08. The Hall–Kier alpha value is -2.74. The van der Waals surface area contributed by atoms with E-state index >= 15 is 0 Å². The highest BCUT2D eigenvalue weighted by Gasteiger charge is 2.23. The van der Waals surface area contributed by atoms with E-state index in [0.717, 1.165) is 18.2 Å². The smallest absolute Gasteiger partial charge is 0.336 e. The van der Waals surface area contributed by atoms with Crippen molar-refractivity contribution in [1.82, 2.24) is 0 Å². The van der Waals surface area contributed by atoms with Crippen molar-refractivity contribution in [3.8, 4) is 0 Å². The molecule has 1 N–H and O–H groups in total. The maximum atomic E-state index is 13.6. The van der Waals surface area contributed by atoms with Crippen molar-refractivity contribution in [2.45, 2.75) is 4.90 Å². The highest BCUT2D eigenvalue weighted by molar-refractivity contribution is 7.92. The summed E-state index contributed by atoms with van der Waals surface area (Å²) in [7, 11) is -4.44. The number of fused-ring (bicyclic) bond motifs is 1. The van der Waals surface area contributed by atoms with Crippen molar-refractivity contribution in [3.05, 3.63) is 70.6 Å². The van der Waals surface area contributed by atoms with Gasteiger partial charge in [0.15, 0.2) is 4.90 Å². The molecule has 0 aliphatic rings. The third kappa shape index (κ3) is 2.93. The number of benzene rings is 2. The van der Waals surface area contributed by atoms with Gasteiger partial charge in [0.1, 0.15) is 17.2 Å². The van der Waals surface area contributed by atoms with Crippen LogP contribution >= 0.6 is 0 Å². The number of sulfonamides is 1. The lowest BCUT2D eigenvalue weighted by Gasteiger charge is -2.10. The van der Waals surface area contributed by atoms with Crippen LogP contribution in [0, 0.1) is 11.6 Å². The molecular weight excluding hydrogens is 328 g/mol. The molecule has 0 saturated carbocycles. The van der Waals surface area contributed by atoms with Crippen molar-refractivity contribution in [1.29, 1.82) is 0 Å². The first-order valence-electron chi connectivity index (χ1n) is 6.37. The number of hydrogen-bond donors (Lipinski definition) is 1. The Kier molecular flexibility index (Phi) is 3.61. The second-order valence-corrected chi connectivity index (χ2v) is 6.28. The summed E-state index contributed by atoms with van der Waals surface area (Å²) in [6, 6.07) is 9.49. The fourth-order valence-corrected chi connectivity index (χ4v) is 3.27. The molecule has 0 atom stereocenters. The van der Waals surface area contributed by atoms with Crippen LogP contribution in [0.5, 0.6) is 0 Å². The van der Waals surface area contributed by atoms with E-state index in [4.69, 9.17) is 4.42 Å². The van der Waals surface area contributed by atoms with Gasteiger partial charge in [0.05, 0.1) is 0 Å². The Morgan fingerprint density at radius 2 is 1.65 bits per heavy atom. The molecule has 3 rings (SSSR count). The first-order valence-corrected chi connectivity index (χ1v) is 7.86. The summed E-state index contributed by atoms with van der Waals surface area (Å²) < 4.78 is 58.6. The van der Waals surface area contributed by atoms with Gasteiger partial charge in [-0.1, -0.05) is 6.07 Å². The summed E-state index contributed by atoms with van der Waals surface area (Å²) >= 11 is 0. The van der Waals surface area contributed by atoms with E-state index in [0.29, 0.717) is 5.39 Å². The van der Waals surface area contributed by atoms with Crippen molar-refractivity contribution in [2.75, 3.05) is 4.72 Å². The van der Waals surface area contributed by atoms with Crippen LogP contribution in [0.2, 0.25) is 0 Å². The molecule has 23 heavy (non-hydrogen) atoms. The summed E-state index contributed by atoms with van der Waals surface area (Å²) in [6.45, 7) is 0. The monoisotopic (exact) mass is 337 g/mol. The molecule has 8 heteroatoms. The lowest BCUT2D eigenvalue weighted by atomic mass is 10.2. The Morgan fingerprint density at radius 3 is 2.35 bits per heavy atom. The van der Waals surface area contributed by atoms with E-state index in [9.17, 15) is 22.0 Å². The third-order valence-corrected chi connectivity index (χ3v) is 4.49. The third-order valence-electron chi connectivity index (χ3n) is 3.06. The Morgan fingerprint density at radius 1 is 0.957 bits per heavy atom. The molecule has 2 aromatic carbocycles.